The van der Waals surface area contributed by atoms with E-state index in [0.29, 0.717) is 23.4 Å². The molecule has 3 aromatic rings. The molecule has 0 atom stereocenters. The van der Waals surface area contributed by atoms with E-state index in [4.69, 9.17) is 4.52 Å². The maximum atomic E-state index is 12.8. The SMILES string of the molecule is O=C(Cc1ccc(F)cc1)NCCc1nc(-c2cccc([N+](=O)[O-])c2)no1. The second kappa shape index (κ2) is 8.17. The topological polar surface area (TPSA) is 111 Å². The molecule has 0 fully saturated rings. The van der Waals surface area contributed by atoms with Crippen molar-refractivity contribution >= 4 is 11.6 Å². The Balaban J connectivity index is 1.52. The van der Waals surface area contributed by atoms with Crippen molar-refractivity contribution in [1.29, 1.82) is 0 Å². The number of amides is 1. The smallest absolute Gasteiger partial charge is 0.270 e. The molecule has 1 N–H and O–H groups in total. The highest BCUT2D eigenvalue weighted by Crippen LogP contribution is 2.21. The molecule has 0 unspecified atom stereocenters. The maximum absolute atomic E-state index is 12.8. The van der Waals surface area contributed by atoms with Crippen LogP contribution in [-0.2, 0) is 17.6 Å². The van der Waals surface area contributed by atoms with Crippen LogP contribution in [0.2, 0.25) is 0 Å². The van der Waals surface area contributed by atoms with Crippen molar-refractivity contribution in [2.24, 2.45) is 0 Å². The van der Waals surface area contributed by atoms with Crippen molar-refractivity contribution in [3.8, 4) is 11.4 Å². The Morgan fingerprint density at radius 1 is 1.22 bits per heavy atom. The number of benzene rings is 2. The van der Waals surface area contributed by atoms with Crippen molar-refractivity contribution in [2.45, 2.75) is 12.8 Å². The number of nitrogens with zero attached hydrogens (tertiary/aromatic N) is 3. The lowest BCUT2D eigenvalue weighted by molar-refractivity contribution is -0.384. The zero-order valence-corrected chi connectivity index (χ0v) is 14.1. The van der Waals surface area contributed by atoms with Crippen molar-refractivity contribution in [3.05, 3.63) is 75.9 Å². The Hall–Kier alpha value is -3.62. The number of carbonyl (C=O) groups is 1. The average molecular weight is 370 g/mol. The standard InChI is InChI=1S/C18H15FN4O4/c19-14-6-4-12(5-7-14)10-16(24)20-9-8-17-21-18(22-27-17)13-2-1-3-15(11-13)23(25)26/h1-7,11H,8-10H2,(H,20,24). The molecular formula is C18H15FN4O4. The fourth-order valence-corrected chi connectivity index (χ4v) is 2.39. The zero-order chi connectivity index (χ0) is 19.2. The van der Waals surface area contributed by atoms with Gasteiger partial charge in [0.05, 0.1) is 11.3 Å². The summed E-state index contributed by atoms with van der Waals surface area (Å²) in [7, 11) is 0. The number of nitrogens with one attached hydrogen (secondary N) is 1. The quantitative estimate of drug-likeness (QED) is 0.506. The highest BCUT2D eigenvalue weighted by Gasteiger charge is 2.13. The molecule has 1 aromatic heterocycles. The monoisotopic (exact) mass is 370 g/mol. The van der Waals surface area contributed by atoms with Gasteiger partial charge < -0.3 is 9.84 Å². The normalized spacial score (nSPS) is 10.6. The minimum atomic E-state index is -0.499. The van der Waals surface area contributed by atoms with Crippen LogP contribution in [-0.4, -0.2) is 27.5 Å². The highest BCUT2D eigenvalue weighted by molar-refractivity contribution is 5.78. The predicted molar refractivity (Wildman–Crippen MR) is 93.2 cm³/mol. The molecule has 0 aliphatic heterocycles. The Morgan fingerprint density at radius 3 is 2.74 bits per heavy atom. The number of rotatable bonds is 7. The van der Waals surface area contributed by atoms with Gasteiger partial charge in [0.2, 0.25) is 17.6 Å². The largest absolute Gasteiger partial charge is 0.355 e. The predicted octanol–water partition coefficient (Wildman–Crippen LogP) is 2.69. The number of hydrogen-bond donors (Lipinski definition) is 1. The fourth-order valence-electron chi connectivity index (χ4n) is 2.39. The Kier molecular flexibility index (Phi) is 5.50. The first-order valence-corrected chi connectivity index (χ1v) is 8.10. The second-order valence-electron chi connectivity index (χ2n) is 5.72. The molecule has 0 aliphatic rings. The van der Waals surface area contributed by atoms with E-state index in [1.807, 2.05) is 0 Å². The third kappa shape index (κ3) is 4.94. The van der Waals surface area contributed by atoms with E-state index < -0.39 is 4.92 Å². The first-order valence-electron chi connectivity index (χ1n) is 8.10. The third-order valence-electron chi connectivity index (χ3n) is 3.72. The van der Waals surface area contributed by atoms with Gasteiger partial charge in [-0.1, -0.05) is 29.4 Å². The van der Waals surface area contributed by atoms with Crippen LogP contribution in [0.1, 0.15) is 11.5 Å². The van der Waals surface area contributed by atoms with Crippen LogP contribution in [0.15, 0.2) is 53.1 Å². The molecule has 138 valence electrons. The lowest BCUT2D eigenvalue weighted by Crippen LogP contribution is -2.27. The summed E-state index contributed by atoms with van der Waals surface area (Å²) in [6.07, 6.45) is 0.458. The van der Waals surface area contributed by atoms with Gasteiger partial charge in [-0.25, -0.2) is 4.39 Å². The van der Waals surface area contributed by atoms with Gasteiger partial charge in [0.1, 0.15) is 5.82 Å². The minimum absolute atomic E-state index is 0.0630. The maximum Gasteiger partial charge on any atom is 0.270 e. The summed E-state index contributed by atoms with van der Waals surface area (Å²) in [6.45, 7) is 0.288. The highest BCUT2D eigenvalue weighted by atomic mass is 19.1. The van der Waals surface area contributed by atoms with E-state index in [-0.39, 0.29) is 36.2 Å². The second-order valence-corrected chi connectivity index (χ2v) is 5.72. The number of carbonyl (C=O) groups excluding carboxylic acids is 1. The first kappa shape index (κ1) is 18.2. The van der Waals surface area contributed by atoms with E-state index in [2.05, 4.69) is 15.5 Å². The van der Waals surface area contributed by atoms with Crippen LogP contribution >= 0.6 is 0 Å². The van der Waals surface area contributed by atoms with Crippen molar-refractivity contribution in [2.75, 3.05) is 6.54 Å². The van der Waals surface area contributed by atoms with Gasteiger partial charge in [-0.3, -0.25) is 14.9 Å². The van der Waals surface area contributed by atoms with Crippen LogP contribution in [0.4, 0.5) is 10.1 Å². The number of nitro benzene ring substituents is 1. The van der Waals surface area contributed by atoms with Gasteiger partial charge in [-0.05, 0) is 17.7 Å². The minimum Gasteiger partial charge on any atom is -0.355 e. The lowest BCUT2D eigenvalue weighted by Gasteiger charge is -2.03. The lowest BCUT2D eigenvalue weighted by atomic mass is 10.1. The number of halogens is 1. The van der Waals surface area contributed by atoms with E-state index in [0.717, 1.165) is 0 Å². The van der Waals surface area contributed by atoms with Crippen LogP contribution in [0.3, 0.4) is 0 Å². The van der Waals surface area contributed by atoms with Crippen molar-refractivity contribution in [1.82, 2.24) is 15.5 Å². The Morgan fingerprint density at radius 2 is 2.00 bits per heavy atom. The summed E-state index contributed by atoms with van der Waals surface area (Å²) in [6, 6.07) is 11.6. The number of aromatic nitrogens is 2. The first-order chi connectivity index (χ1) is 13.0. The molecule has 2 aromatic carbocycles. The Labute approximate surface area is 153 Å². The van der Waals surface area contributed by atoms with Gasteiger partial charge in [0.25, 0.3) is 5.69 Å². The van der Waals surface area contributed by atoms with Crippen molar-refractivity contribution in [3.63, 3.8) is 0 Å². The molecule has 0 saturated carbocycles. The molecule has 3 rings (SSSR count). The summed E-state index contributed by atoms with van der Waals surface area (Å²) in [5.41, 5.74) is 1.12. The average Bonchev–Trinajstić information content (AvgIpc) is 3.13. The van der Waals surface area contributed by atoms with Gasteiger partial charge in [0.15, 0.2) is 0 Å². The van der Waals surface area contributed by atoms with Crippen LogP contribution in [0.25, 0.3) is 11.4 Å². The summed E-state index contributed by atoms with van der Waals surface area (Å²) < 4.78 is 18.0. The van der Waals surface area contributed by atoms with Crippen LogP contribution < -0.4 is 5.32 Å². The fraction of sp³-hybridized carbons (Fsp3) is 0.167. The van der Waals surface area contributed by atoms with Gasteiger partial charge in [0, 0.05) is 30.7 Å². The molecule has 1 amide bonds. The zero-order valence-electron chi connectivity index (χ0n) is 14.1. The number of hydrogen-bond acceptors (Lipinski definition) is 6. The molecule has 0 aliphatic carbocycles. The summed E-state index contributed by atoms with van der Waals surface area (Å²) in [5.74, 6) is -0.0138. The molecule has 1 heterocycles. The van der Waals surface area contributed by atoms with E-state index in [1.165, 1.54) is 24.3 Å². The molecule has 0 saturated heterocycles. The summed E-state index contributed by atoms with van der Waals surface area (Å²) >= 11 is 0. The molecule has 8 nitrogen and oxygen atoms in total. The molecule has 0 radical (unpaired) electrons. The van der Waals surface area contributed by atoms with Gasteiger partial charge in [-0.15, -0.1) is 0 Å². The van der Waals surface area contributed by atoms with E-state index in [1.54, 1.807) is 24.3 Å². The Bertz CT molecular complexity index is 956. The van der Waals surface area contributed by atoms with E-state index >= 15 is 0 Å². The van der Waals surface area contributed by atoms with Crippen LogP contribution in [0.5, 0.6) is 0 Å². The molecule has 0 bridgehead atoms. The summed E-state index contributed by atoms with van der Waals surface area (Å²) in [5, 5.41) is 17.3. The van der Waals surface area contributed by atoms with Gasteiger partial charge >= 0.3 is 0 Å². The number of nitro groups is 1. The molecule has 0 spiro atoms. The third-order valence-corrected chi connectivity index (χ3v) is 3.72. The van der Waals surface area contributed by atoms with Crippen LogP contribution in [0, 0.1) is 15.9 Å². The summed E-state index contributed by atoms with van der Waals surface area (Å²) in [4.78, 5) is 26.4. The van der Waals surface area contributed by atoms with Gasteiger partial charge in [-0.2, -0.15) is 4.98 Å². The van der Waals surface area contributed by atoms with E-state index in [9.17, 15) is 19.3 Å². The molecule has 9 heteroatoms. The molecular weight excluding hydrogens is 355 g/mol. The number of non-ortho nitro benzene ring substituents is 1. The van der Waals surface area contributed by atoms with Crippen molar-refractivity contribution < 1.29 is 18.6 Å². The molecule has 27 heavy (non-hydrogen) atoms.